The summed E-state index contributed by atoms with van der Waals surface area (Å²) < 4.78 is 4.31. The highest BCUT2D eigenvalue weighted by Gasteiger charge is 2.09. The first-order chi connectivity index (χ1) is 5.99. The Hall–Kier alpha value is -1.65. The summed E-state index contributed by atoms with van der Waals surface area (Å²) >= 11 is 0. The lowest BCUT2D eigenvalue weighted by molar-refractivity contribution is -0.139. The molecule has 5 heteroatoms. The number of nitrogens with one attached hydrogen (secondary N) is 1. The second kappa shape index (κ2) is 5.08. The molecule has 0 spiro atoms. The molecule has 0 atom stereocenters. The number of ether oxygens (including phenoxy) is 1. The first-order valence-corrected chi connectivity index (χ1v) is 3.54. The maximum atomic E-state index is 10.6. The summed E-state index contributed by atoms with van der Waals surface area (Å²) in [6.07, 6.45) is 1.03. The molecule has 0 saturated heterocycles. The van der Waals surface area contributed by atoms with Gasteiger partial charge in [0.05, 0.1) is 19.1 Å². The van der Waals surface area contributed by atoms with Crippen LogP contribution in [-0.4, -0.2) is 29.9 Å². The Balaban J connectivity index is 4.47. The van der Waals surface area contributed by atoms with Crippen LogP contribution in [0, 0.1) is 5.41 Å². The summed E-state index contributed by atoms with van der Waals surface area (Å²) in [6, 6.07) is 0. The number of hydrogen-bond acceptors (Lipinski definition) is 4. The second-order valence-electron chi connectivity index (χ2n) is 2.33. The van der Waals surface area contributed by atoms with Crippen LogP contribution >= 0.6 is 0 Å². The Morgan fingerprint density at radius 2 is 2.08 bits per heavy atom. The van der Waals surface area contributed by atoms with Crippen LogP contribution in [-0.2, 0) is 14.3 Å². The summed E-state index contributed by atoms with van der Waals surface area (Å²) in [4.78, 5) is 21.1. The van der Waals surface area contributed by atoms with E-state index in [0.29, 0.717) is 0 Å². The summed E-state index contributed by atoms with van der Waals surface area (Å²) in [6.45, 7) is 1.34. The standard InChI is InChI=1S/C8H11NO4/c1-5(9)6(8(11)12)3-4-7(10)13-2/h3,9H,4H2,1-2H3,(H,11,12). The lowest BCUT2D eigenvalue weighted by atomic mass is 10.1. The van der Waals surface area contributed by atoms with Crippen molar-refractivity contribution in [3.8, 4) is 0 Å². The van der Waals surface area contributed by atoms with E-state index < -0.39 is 11.9 Å². The number of esters is 1. The van der Waals surface area contributed by atoms with E-state index in [1.165, 1.54) is 14.0 Å². The van der Waals surface area contributed by atoms with Crippen molar-refractivity contribution in [1.82, 2.24) is 0 Å². The van der Waals surface area contributed by atoms with Gasteiger partial charge in [-0.1, -0.05) is 6.08 Å². The second-order valence-corrected chi connectivity index (χ2v) is 2.33. The number of rotatable bonds is 4. The molecule has 0 aliphatic carbocycles. The summed E-state index contributed by atoms with van der Waals surface area (Å²) in [5.41, 5.74) is -0.262. The van der Waals surface area contributed by atoms with Crippen LogP contribution in [0.5, 0.6) is 0 Å². The Labute approximate surface area is 75.5 Å². The van der Waals surface area contributed by atoms with Gasteiger partial charge in [0.1, 0.15) is 0 Å². The van der Waals surface area contributed by atoms with Crippen LogP contribution < -0.4 is 0 Å². The molecule has 72 valence electrons. The largest absolute Gasteiger partial charge is 0.478 e. The summed E-state index contributed by atoms with van der Waals surface area (Å²) in [5.74, 6) is -1.74. The van der Waals surface area contributed by atoms with Gasteiger partial charge < -0.3 is 15.3 Å². The van der Waals surface area contributed by atoms with Crippen molar-refractivity contribution in [3.05, 3.63) is 11.6 Å². The zero-order valence-electron chi connectivity index (χ0n) is 7.46. The van der Waals surface area contributed by atoms with E-state index >= 15 is 0 Å². The van der Waals surface area contributed by atoms with Crippen molar-refractivity contribution in [3.63, 3.8) is 0 Å². The van der Waals surface area contributed by atoms with Gasteiger partial charge >= 0.3 is 11.9 Å². The van der Waals surface area contributed by atoms with Crippen molar-refractivity contribution >= 4 is 17.7 Å². The Bertz CT molecular complexity index is 251. The van der Waals surface area contributed by atoms with Crippen LogP contribution in [0.25, 0.3) is 0 Å². The molecular formula is C8H11NO4. The number of carboxylic acids is 1. The van der Waals surface area contributed by atoms with Crippen LogP contribution in [0.15, 0.2) is 11.6 Å². The number of carbonyl (C=O) groups is 2. The van der Waals surface area contributed by atoms with Gasteiger partial charge in [0.2, 0.25) is 0 Å². The van der Waals surface area contributed by atoms with E-state index in [2.05, 4.69) is 4.74 Å². The average molecular weight is 185 g/mol. The molecule has 0 aromatic carbocycles. The van der Waals surface area contributed by atoms with Gasteiger partial charge in [-0.25, -0.2) is 4.79 Å². The van der Waals surface area contributed by atoms with Crippen molar-refractivity contribution < 1.29 is 19.4 Å². The molecule has 0 amide bonds. The van der Waals surface area contributed by atoms with Crippen molar-refractivity contribution in [1.29, 1.82) is 5.41 Å². The van der Waals surface area contributed by atoms with E-state index in [1.807, 2.05) is 0 Å². The highest BCUT2D eigenvalue weighted by molar-refractivity contribution is 6.17. The predicted molar refractivity (Wildman–Crippen MR) is 45.8 cm³/mol. The van der Waals surface area contributed by atoms with Gasteiger partial charge in [0.25, 0.3) is 0 Å². The Morgan fingerprint density at radius 3 is 2.38 bits per heavy atom. The first kappa shape index (κ1) is 11.4. The van der Waals surface area contributed by atoms with E-state index in [1.54, 1.807) is 0 Å². The third-order valence-corrected chi connectivity index (χ3v) is 1.33. The first-order valence-electron chi connectivity index (χ1n) is 3.54. The number of carbonyl (C=O) groups excluding carboxylic acids is 1. The molecular weight excluding hydrogens is 174 g/mol. The van der Waals surface area contributed by atoms with Crippen LogP contribution in [0.3, 0.4) is 0 Å². The van der Waals surface area contributed by atoms with Crippen molar-refractivity contribution in [2.75, 3.05) is 7.11 Å². The van der Waals surface area contributed by atoms with Crippen LogP contribution in [0.2, 0.25) is 0 Å². The lowest BCUT2D eigenvalue weighted by Gasteiger charge is -1.98. The molecule has 0 aromatic heterocycles. The van der Waals surface area contributed by atoms with Gasteiger partial charge in [-0.2, -0.15) is 0 Å². The SMILES string of the molecule is COC(=O)CC=C(C(C)=N)C(=O)O. The summed E-state index contributed by atoms with van der Waals surface area (Å²) in [7, 11) is 1.22. The molecule has 0 radical (unpaired) electrons. The van der Waals surface area contributed by atoms with Gasteiger partial charge in [-0.15, -0.1) is 0 Å². The number of carboxylic acid groups (broad SMARTS) is 1. The average Bonchev–Trinajstić information content (AvgIpc) is 2.03. The number of methoxy groups -OCH3 is 1. The van der Waals surface area contributed by atoms with E-state index in [-0.39, 0.29) is 17.7 Å². The van der Waals surface area contributed by atoms with Crippen molar-refractivity contribution in [2.45, 2.75) is 13.3 Å². The molecule has 0 heterocycles. The highest BCUT2D eigenvalue weighted by Crippen LogP contribution is 2.00. The third kappa shape index (κ3) is 4.05. The minimum absolute atomic E-state index is 0.0867. The topological polar surface area (TPSA) is 87.5 Å². The molecule has 0 aromatic rings. The molecule has 5 nitrogen and oxygen atoms in total. The Kier molecular flexibility index (Phi) is 4.43. The van der Waals surface area contributed by atoms with Gasteiger partial charge in [0.15, 0.2) is 0 Å². The Morgan fingerprint density at radius 1 is 1.54 bits per heavy atom. The zero-order chi connectivity index (χ0) is 10.4. The summed E-state index contributed by atoms with van der Waals surface area (Å²) in [5, 5.41) is 15.7. The molecule has 0 bridgehead atoms. The molecule has 0 aliphatic rings. The molecule has 0 saturated carbocycles. The molecule has 0 aliphatic heterocycles. The fourth-order valence-corrected chi connectivity index (χ4v) is 0.670. The van der Waals surface area contributed by atoms with Crippen molar-refractivity contribution in [2.24, 2.45) is 0 Å². The molecule has 0 rings (SSSR count). The van der Waals surface area contributed by atoms with E-state index in [4.69, 9.17) is 10.5 Å². The fourth-order valence-electron chi connectivity index (χ4n) is 0.670. The monoisotopic (exact) mass is 185 g/mol. The molecule has 0 fully saturated rings. The third-order valence-electron chi connectivity index (χ3n) is 1.33. The number of aliphatic carboxylic acids is 1. The minimum atomic E-state index is -1.21. The normalized spacial score (nSPS) is 10.8. The van der Waals surface area contributed by atoms with Crippen LogP contribution in [0.4, 0.5) is 0 Å². The lowest BCUT2D eigenvalue weighted by Crippen LogP contribution is -2.09. The van der Waals surface area contributed by atoms with E-state index in [0.717, 1.165) is 6.08 Å². The minimum Gasteiger partial charge on any atom is -0.478 e. The van der Waals surface area contributed by atoms with E-state index in [9.17, 15) is 9.59 Å². The van der Waals surface area contributed by atoms with Gasteiger partial charge in [-0.3, -0.25) is 4.79 Å². The molecule has 2 N–H and O–H groups in total. The van der Waals surface area contributed by atoms with Gasteiger partial charge in [-0.05, 0) is 6.92 Å². The smallest absolute Gasteiger partial charge is 0.337 e. The van der Waals surface area contributed by atoms with Gasteiger partial charge in [0, 0.05) is 5.71 Å². The molecule has 0 unspecified atom stereocenters. The van der Waals surface area contributed by atoms with Crippen LogP contribution in [0.1, 0.15) is 13.3 Å². The molecule has 13 heavy (non-hydrogen) atoms. The predicted octanol–water partition coefficient (Wildman–Crippen LogP) is 0.600. The maximum absolute atomic E-state index is 10.6. The maximum Gasteiger partial charge on any atom is 0.337 e. The fraction of sp³-hybridized carbons (Fsp3) is 0.375. The number of hydrogen-bond donors (Lipinski definition) is 2. The highest BCUT2D eigenvalue weighted by atomic mass is 16.5. The zero-order valence-corrected chi connectivity index (χ0v) is 7.46. The quantitative estimate of drug-likeness (QED) is 0.381.